The van der Waals surface area contributed by atoms with E-state index in [-0.39, 0.29) is 0 Å². The minimum atomic E-state index is -1.71. The van der Waals surface area contributed by atoms with Crippen molar-refractivity contribution in [2.45, 2.75) is 31.0 Å². The normalized spacial score (nSPS) is 13.6. The highest BCUT2D eigenvalue weighted by Gasteiger charge is 2.27. The summed E-state index contributed by atoms with van der Waals surface area (Å²) in [4.78, 5) is 67.7. The fraction of sp³-hybridized carbons (Fsp3) is 0.538. The Hall–Kier alpha value is -3.26. The van der Waals surface area contributed by atoms with Gasteiger partial charge >= 0.3 is 11.9 Å². The van der Waals surface area contributed by atoms with Gasteiger partial charge in [-0.05, 0) is 0 Å². The number of amides is 4. The predicted octanol–water partition coefficient (Wildman–Crippen LogP) is -5.17. The maximum Gasteiger partial charge on any atom is 0.326 e. The first-order valence-electron chi connectivity index (χ1n) is 7.44. The van der Waals surface area contributed by atoms with Gasteiger partial charge in [0.15, 0.2) is 0 Å². The Morgan fingerprint density at radius 3 is 1.93 bits per heavy atom. The maximum absolute atomic E-state index is 12.0. The Kier molecular flexibility index (Phi) is 10.0. The van der Waals surface area contributed by atoms with Crippen LogP contribution in [0.25, 0.3) is 0 Å². The zero-order valence-corrected chi connectivity index (χ0v) is 14.0. The molecular formula is C13H21N5O9. The van der Waals surface area contributed by atoms with E-state index in [1.54, 1.807) is 0 Å². The Bertz CT molecular complexity index is 609. The quantitative estimate of drug-likeness (QED) is 0.157. The second kappa shape index (κ2) is 11.4. The molecule has 3 unspecified atom stereocenters. The maximum atomic E-state index is 12.0. The second-order valence-electron chi connectivity index (χ2n) is 5.29. The van der Waals surface area contributed by atoms with E-state index in [1.165, 1.54) is 0 Å². The molecule has 14 heteroatoms. The van der Waals surface area contributed by atoms with Crippen LogP contribution < -0.4 is 27.4 Å². The highest BCUT2D eigenvalue weighted by Crippen LogP contribution is 1.95. The summed E-state index contributed by atoms with van der Waals surface area (Å²) < 4.78 is 0. The van der Waals surface area contributed by atoms with Gasteiger partial charge in [0.25, 0.3) is 0 Å². The zero-order valence-electron chi connectivity index (χ0n) is 14.0. The fourth-order valence-electron chi connectivity index (χ4n) is 1.68. The van der Waals surface area contributed by atoms with Crippen LogP contribution >= 0.6 is 0 Å². The number of carbonyl (C=O) groups excluding carboxylic acids is 4. The van der Waals surface area contributed by atoms with E-state index in [0.29, 0.717) is 0 Å². The molecule has 0 heterocycles. The van der Waals surface area contributed by atoms with Crippen molar-refractivity contribution in [2.24, 2.45) is 11.5 Å². The van der Waals surface area contributed by atoms with Gasteiger partial charge in [0.05, 0.1) is 26.0 Å². The van der Waals surface area contributed by atoms with Gasteiger partial charge in [0.1, 0.15) is 18.1 Å². The van der Waals surface area contributed by atoms with Gasteiger partial charge in [0, 0.05) is 0 Å². The topological polar surface area (TPSA) is 251 Å². The van der Waals surface area contributed by atoms with Crippen molar-refractivity contribution >= 4 is 35.6 Å². The largest absolute Gasteiger partial charge is 0.481 e. The molecule has 0 saturated carbocycles. The van der Waals surface area contributed by atoms with Crippen molar-refractivity contribution in [3.63, 3.8) is 0 Å². The molecule has 0 aliphatic rings. The van der Waals surface area contributed by atoms with Crippen LogP contribution in [0.4, 0.5) is 0 Å². The van der Waals surface area contributed by atoms with Crippen LogP contribution in [0.15, 0.2) is 0 Å². The number of hydrogen-bond acceptors (Lipinski definition) is 8. The van der Waals surface area contributed by atoms with E-state index in [2.05, 4.69) is 5.32 Å². The Morgan fingerprint density at radius 2 is 1.48 bits per heavy atom. The third-order valence-electron chi connectivity index (χ3n) is 3.01. The summed E-state index contributed by atoms with van der Waals surface area (Å²) >= 11 is 0. The zero-order chi connectivity index (χ0) is 21.1. The third kappa shape index (κ3) is 9.71. The van der Waals surface area contributed by atoms with E-state index in [4.69, 9.17) is 26.8 Å². The number of aliphatic carboxylic acids is 2. The van der Waals surface area contributed by atoms with E-state index in [0.717, 1.165) is 0 Å². The van der Waals surface area contributed by atoms with Gasteiger partial charge < -0.3 is 42.7 Å². The molecule has 27 heavy (non-hydrogen) atoms. The van der Waals surface area contributed by atoms with Gasteiger partial charge in [-0.15, -0.1) is 0 Å². The molecule has 152 valence electrons. The molecule has 3 atom stereocenters. The average molecular weight is 391 g/mol. The van der Waals surface area contributed by atoms with E-state index in [9.17, 15) is 28.8 Å². The highest BCUT2D eigenvalue weighted by molar-refractivity contribution is 5.95. The standard InChI is InChI=1S/C13H21N5O9/c14-5(4-19)11(24)18-6(1-8(15)20)12(25)16-3-9(21)17-7(13(26)27)2-10(22)23/h5-7,19H,1-4,14H2,(H2,15,20)(H,16,25)(H,17,21)(H,18,24)(H,22,23)(H,26,27). The number of nitrogens with one attached hydrogen (secondary N) is 3. The lowest BCUT2D eigenvalue weighted by Crippen LogP contribution is -2.55. The first-order chi connectivity index (χ1) is 12.5. The van der Waals surface area contributed by atoms with Gasteiger partial charge in [-0.2, -0.15) is 0 Å². The highest BCUT2D eigenvalue weighted by atomic mass is 16.4. The van der Waals surface area contributed by atoms with E-state index >= 15 is 0 Å². The number of nitrogens with two attached hydrogens (primary N) is 2. The molecular weight excluding hydrogens is 370 g/mol. The van der Waals surface area contributed by atoms with E-state index in [1.807, 2.05) is 10.6 Å². The molecule has 0 aliphatic carbocycles. The van der Waals surface area contributed by atoms with Crippen molar-refractivity contribution in [2.75, 3.05) is 13.2 Å². The fourth-order valence-corrected chi connectivity index (χ4v) is 1.68. The van der Waals surface area contributed by atoms with Gasteiger partial charge in [-0.25, -0.2) is 4.79 Å². The van der Waals surface area contributed by atoms with Crippen molar-refractivity contribution in [3.05, 3.63) is 0 Å². The third-order valence-corrected chi connectivity index (χ3v) is 3.01. The molecule has 0 fully saturated rings. The van der Waals surface area contributed by atoms with Crippen LogP contribution in [0.5, 0.6) is 0 Å². The Labute approximate surface area is 152 Å². The summed E-state index contributed by atoms with van der Waals surface area (Å²) in [6.07, 6.45) is -1.51. The van der Waals surface area contributed by atoms with Crippen LogP contribution in [0.3, 0.4) is 0 Å². The number of carboxylic acids is 2. The van der Waals surface area contributed by atoms with E-state index < -0.39 is 79.7 Å². The second-order valence-corrected chi connectivity index (χ2v) is 5.29. The summed E-state index contributed by atoms with van der Waals surface area (Å²) in [7, 11) is 0. The predicted molar refractivity (Wildman–Crippen MR) is 85.6 cm³/mol. The number of primary amides is 1. The SMILES string of the molecule is NC(=O)CC(NC(=O)C(N)CO)C(=O)NCC(=O)NC(CC(=O)O)C(=O)O. The number of carbonyl (C=O) groups is 6. The minimum Gasteiger partial charge on any atom is -0.481 e. The van der Waals surface area contributed by atoms with Crippen molar-refractivity contribution in [1.82, 2.24) is 16.0 Å². The molecule has 10 N–H and O–H groups in total. The molecule has 14 nitrogen and oxygen atoms in total. The summed E-state index contributed by atoms with van der Waals surface area (Å²) in [5, 5.41) is 32.2. The monoisotopic (exact) mass is 391 g/mol. The van der Waals surface area contributed by atoms with Crippen LogP contribution in [0.2, 0.25) is 0 Å². The summed E-state index contributed by atoms with van der Waals surface area (Å²) in [6, 6.07) is -4.56. The number of carboxylic acid groups (broad SMARTS) is 2. The molecule has 0 rings (SSSR count). The summed E-state index contributed by atoms with van der Waals surface area (Å²) in [6.45, 7) is -1.49. The van der Waals surface area contributed by atoms with Gasteiger partial charge in [0.2, 0.25) is 23.6 Å². The molecule has 0 aromatic heterocycles. The van der Waals surface area contributed by atoms with Gasteiger partial charge in [-0.3, -0.25) is 24.0 Å². The van der Waals surface area contributed by atoms with Crippen LogP contribution in [0, 0.1) is 0 Å². The van der Waals surface area contributed by atoms with Crippen molar-refractivity contribution in [1.29, 1.82) is 0 Å². The van der Waals surface area contributed by atoms with Crippen LogP contribution in [-0.2, 0) is 28.8 Å². The number of aliphatic hydroxyl groups excluding tert-OH is 1. The number of rotatable bonds is 12. The van der Waals surface area contributed by atoms with Crippen molar-refractivity contribution in [3.8, 4) is 0 Å². The summed E-state index contributed by atoms with van der Waals surface area (Å²) in [5.74, 6) is -6.98. The molecule has 4 amide bonds. The molecule has 0 saturated heterocycles. The molecule has 0 radical (unpaired) electrons. The smallest absolute Gasteiger partial charge is 0.326 e. The molecule has 0 aromatic rings. The summed E-state index contributed by atoms with van der Waals surface area (Å²) in [5.41, 5.74) is 10.2. The first-order valence-corrected chi connectivity index (χ1v) is 7.44. The minimum absolute atomic E-state index is 0.631. The lowest BCUT2D eigenvalue weighted by atomic mass is 10.1. The Balaban J connectivity index is 4.80. The number of aliphatic hydroxyl groups is 1. The van der Waals surface area contributed by atoms with Crippen LogP contribution in [-0.4, -0.2) is 82.2 Å². The van der Waals surface area contributed by atoms with Crippen LogP contribution in [0.1, 0.15) is 12.8 Å². The molecule has 0 aliphatic heterocycles. The molecule has 0 bridgehead atoms. The Morgan fingerprint density at radius 1 is 0.889 bits per heavy atom. The average Bonchev–Trinajstić information content (AvgIpc) is 2.56. The first kappa shape index (κ1) is 23.7. The molecule has 0 spiro atoms. The van der Waals surface area contributed by atoms with Gasteiger partial charge in [-0.1, -0.05) is 0 Å². The molecule has 0 aromatic carbocycles. The van der Waals surface area contributed by atoms with Crippen molar-refractivity contribution < 1.29 is 44.1 Å². The lowest BCUT2D eigenvalue weighted by molar-refractivity contribution is -0.147. The lowest BCUT2D eigenvalue weighted by Gasteiger charge is -2.19. The number of hydrogen-bond donors (Lipinski definition) is 8.